The second kappa shape index (κ2) is 7.59. The van der Waals surface area contributed by atoms with Crippen LogP contribution in [-0.2, 0) is 9.59 Å². The molecule has 0 radical (unpaired) electrons. The quantitative estimate of drug-likeness (QED) is 0.522. The molecule has 0 aliphatic heterocycles. The zero-order chi connectivity index (χ0) is 15.8. The third-order valence-corrected chi connectivity index (χ3v) is 2.74. The molecule has 0 atom stereocenters. The van der Waals surface area contributed by atoms with Crippen molar-refractivity contribution in [2.75, 3.05) is 5.32 Å². The van der Waals surface area contributed by atoms with Crippen molar-refractivity contribution >= 4 is 23.6 Å². The Morgan fingerprint density at radius 1 is 1.00 bits per heavy atom. The van der Waals surface area contributed by atoms with Gasteiger partial charge in [-0.25, -0.2) is 4.79 Å². The highest BCUT2D eigenvalue weighted by molar-refractivity contribution is 5.98. The Kier molecular flexibility index (Phi) is 5.26. The number of rotatable bonds is 5. The predicted octanol–water partition coefficient (Wildman–Crippen LogP) is 3.43. The van der Waals surface area contributed by atoms with Crippen LogP contribution < -0.4 is 10.1 Å². The maximum atomic E-state index is 11.7. The van der Waals surface area contributed by atoms with E-state index >= 15 is 0 Å². The van der Waals surface area contributed by atoms with Crippen LogP contribution in [-0.4, -0.2) is 11.9 Å². The number of nitrogens with one attached hydrogen (secondary N) is 1. The molecular weight excluding hydrogens is 278 g/mol. The second-order valence-electron chi connectivity index (χ2n) is 4.38. The topological polar surface area (TPSA) is 55.4 Å². The summed E-state index contributed by atoms with van der Waals surface area (Å²) < 4.78 is 5.16. The number of carbonyl (C=O) groups excluding carboxylic acids is 2. The van der Waals surface area contributed by atoms with Crippen LogP contribution in [0.25, 0.3) is 6.08 Å². The highest BCUT2D eigenvalue weighted by atomic mass is 16.5. The zero-order valence-electron chi connectivity index (χ0n) is 11.9. The van der Waals surface area contributed by atoms with Crippen molar-refractivity contribution < 1.29 is 14.3 Å². The summed E-state index contributed by atoms with van der Waals surface area (Å²) in [6, 6.07) is 16.0. The highest BCUT2D eigenvalue weighted by Crippen LogP contribution is 2.16. The molecule has 110 valence electrons. The van der Waals surface area contributed by atoms with E-state index in [9.17, 15) is 9.59 Å². The highest BCUT2D eigenvalue weighted by Gasteiger charge is 2.02. The minimum Gasteiger partial charge on any atom is -0.423 e. The van der Waals surface area contributed by atoms with Crippen LogP contribution in [0.2, 0.25) is 0 Å². The first-order valence-corrected chi connectivity index (χ1v) is 6.66. The van der Waals surface area contributed by atoms with Gasteiger partial charge in [0.05, 0.1) is 0 Å². The Balaban J connectivity index is 1.93. The van der Waals surface area contributed by atoms with Crippen LogP contribution in [0.1, 0.15) is 5.56 Å². The van der Waals surface area contributed by atoms with Crippen molar-refractivity contribution in [3.8, 4) is 5.75 Å². The summed E-state index contributed by atoms with van der Waals surface area (Å²) in [6.07, 6.45) is 4.23. The Hall–Kier alpha value is -3.14. The number of amides is 1. The van der Waals surface area contributed by atoms with Crippen LogP contribution in [0.3, 0.4) is 0 Å². The summed E-state index contributed by atoms with van der Waals surface area (Å²) in [5, 5.41) is 2.61. The van der Waals surface area contributed by atoms with Gasteiger partial charge in [0.25, 0.3) is 0 Å². The lowest BCUT2D eigenvalue weighted by atomic mass is 10.2. The fourth-order valence-electron chi connectivity index (χ4n) is 1.68. The Bertz CT molecular complexity index is 688. The third kappa shape index (κ3) is 4.76. The van der Waals surface area contributed by atoms with Crippen LogP contribution in [0.4, 0.5) is 5.69 Å². The second-order valence-corrected chi connectivity index (χ2v) is 4.38. The van der Waals surface area contributed by atoms with Gasteiger partial charge in [-0.3, -0.25) is 4.79 Å². The number of hydrogen-bond acceptors (Lipinski definition) is 3. The number of anilines is 1. The monoisotopic (exact) mass is 293 g/mol. The van der Waals surface area contributed by atoms with Gasteiger partial charge in [-0.2, -0.15) is 0 Å². The SMILES string of the molecule is C=CC(=O)Nc1ccc(OC(=O)C=Cc2ccccc2)cc1. The molecule has 2 rings (SSSR count). The fraction of sp³-hybridized carbons (Fsp3) is 0. The van der Waals surface area contributed by atoms with Gasteiger partial charge in [-0.15, -0.1) is 0 Å². The first kappa shape index (κ1) is 15.3. The molecule has 0 spiro atoms. The smallest absolute Gasteiger partial charge is 0.336 e. The van der Waals surface area contributed by atoms with E-state index in [1.165, 1.54) is 12.2 Å². The molecule has 4 heteroatoms. The molecule has 1 N–H and O–H groups in total. The van der Waals surface area contributed by atoms with Gasteiger partial charge in [0.2, 0.25) is 5.91 Å². The first-order chi connectivity index (χ1) is 10.7. The van der Waals surface area contributed by atoms with Gasteiger partial charge in [-0.05, 0) is 42.0 Å². The van der Waals surface area contributed by atoms with Crippen LogP contribution in [0.15, 0.2) is 73.3 Å². The average Bonchev–Trinajstić information content (AvgIpc) is 2.55. The average molecular weight is 293 g/mol. The van der Waals surface area contributed by atoms with Crippen molar-refractivity contribution in [2.45, 2.75) is 0 Å². The number of benzene rings is 2. The molecule has 1 amide bonds. The van der Waals surface area contributed by atoms with E-state index in [0.717, 1.165) is 5.56 Å². The predicted molar refractivity (Wildman–Crippen MR) is 86.4 cm³/mol. The molecular formula is C18H15NO3. The van der Waals surface area contributed by atoms with E-state index in [-0.39, 0.29) is 5.91 Å². The minimum atomic E-state index is -0.466. The maximum Gasteiger partial charge on any atom is 0.336 e. The van der Waals surface area contributed by atoms with E-state index in [1.807, 2.05) is 30.3 Å². The lowest BCUT2D eigenvalue weighted by Crippen LogP contribution is -2.07. The van der Waals surface area contributed by atoms with E-state index < -0.39 is 5.97 Å². The van der Waals surface area contributed by atoms with E-state index in [0.29, 0.717) is 11.4 Å². The van der Waals surface area contributed by atoms with E-state index in [4.69, 9.17) is 4.74 Å². The summed E-state index contributed by atoms with van der Waals surface area (Å²) in [6.45, 7) is 3.37. The van der Waals surface area contributed by atoms with Gasteiger partial charge < -0.3 is 10.1 Å². The first-order valence-electron chi connectivity index (χ1n) is 6.66. The molecule has 0 aromatic heterocycles. The van der Waals surface area contributed by atoms with Crippen LogP contribution >= 0.6 is 0 Å². The Morgan fingerprint density at radius 2 is 1.68 bits per heavy atom. The Labute approximate surface area is 128 Å². The lowest BCUT2D eigenvalue weighted by Gasteiger charge is -2.04. The summed E-state index contributed by atoms with van der Waals surface area (Å²) in [7, 11) is 0. The van der Waals surface area contributed by atoms with Crippen LogP contribution in [0, 0.1) is 0 Å². The van der Waals surface area contributed by atoms with Gasteiger partial charge in [0.1, 0.15) is 5.75 Å². The molecule has 0 aliphatic rings. The van der Waals surface area contributed by atoms with Crippen molar-refractivity contribution in [3.63, 3.8) is 0 Å². The van der Waals surface area contributed by atoms with Crippen molar-refractivity contribution in [2.24, 2.45) is 0 Å². The van der Waals surface area contributed by atoms with Gasteiger partial charge in [0, 0.05) is 11.8 Å². The number of esters is 1. The molecule has 0 saturated heterocycles. The van der Waals surface area contributed by atoms with E-state index in [2.05, 4.69) is 11.9 Å². The molecule has 0 unspecified atom stereocenters. The van der Waals surface area contributed by atoms with Gasteiger partial charge in [0.15, 0.2) is 0 Å². The minimum absolute atomic E-state index is 0.296. The molecule has 2 aromatic carbocycles. The lowest BCUT2D eigenvalue weighted by molar-refractivity contribution is -0.128. The van der Waals surface area contributed by atoms with Crippen molar-refractivity contribution in [3.05, 3.63) is 78.9 Å². The Morgan fingerprint density at radius 3 is 2.32 bits per heavy atom. The third-order valence-electron chi connectivity index (χ3n) is 2.74. The van der Waals surface area contributed by atoms with Crippen molar-refractivity contribution in [1.29, 1.82) is 0 Å². The zero-order valence-corrected chi connectivity index (χ0v) is 11.9. The molecule has 0 saturated carbocycles. The van der Waals surface area contributed by atoms with Gasteiger partial charge in [-0.1, -0.05) is 36.9 Å². The molecule has 0 heterocycles. The van der Waals surface area contributed by atoms with Crippen molar-refractivity contribution in [1.82, 2.24) is 0 Å². The number of carbonyl (C=O) groups is 2. The standard InChI is InChI=1S/C18H15NO3/c1-2-17(20)19-15-9-11-16(12-10-15)22-18(21)13-8-14-6-4-3-5-7-14/h2-13H,1H2,(H,19,20). The molecule has 0 bridgehead atoms. The fourth-order valence-corrected chi connectivity index (χ4v) is 1.68. The number of hydrogen-bond donors (Lipinski definition) is 1. The largest absolute Gasteiger partial charge is 0.423 e. The molecule has 2 aromatic rings. The van der Waals surface area contributed by atoms with Gasteiger partial charge >= 0.3 is 5.97 Å². The number of ether oxygens (including phenoxy) is 1. The molecule has 0 aliphatic carbocycles. The van der Waals surface area contributed by atoms with Crippen LogP contribution in [0.5, 0.6) is 5.75 Å². The summed E-state index contributed by atoms with van der Waals surface area (Å²) in [5.41, 5.74) is 1.52. The molecule has 22 heavy (non-hydrogen) atoms. The van der Waals surface area contributed by atoms with E-state index in [1.54, 1.807) is 30.3 Å². The molecule has 4 nitrogen and oxygen atoms in total. The normalized spacial score (nSPS) is 10.2. The summed E-state index contributed by atoms with van der Waals surface area (Å²) >= 11 is 0. The summed E-state index contributed by atoms with van der Waals surface area (Å²) in [5.74, 6) is -0.360. The maximum absolute atomic E-state index is 11.7. The molecule has 0 fully saturated rings. The summed E-state index contributed by atoms with van der Waals surface area (Å²) in [4.78, 5) is 22.8.